The summed E-state index contributed by atoms with van der Waals surface area (Å²) in [6, 6.07) is 3.47. The molecule has 1 aromatic carbocycles. The number of nitrogens with zero attached hydrogens (tertiary/aromatic N) is 1. The van der Waals surface area contributed by atoms with Gasteiger partial charge in [0.1, 0.15) is 12.0 Å². The smallest absolute Gasteiger partial charge is 0.230 e. The van der Waals surface area contributed by atoms with E-state index in [1.165, 1.54) is 6.26 Å². The van der Waals surface area contributed by atoms with Crippen molar-refractivity contribution in [3.05, 3.63) is 24.1 Å². The molecule has 0 N–H and O–H groups in total. The average Bonchev–Trinajstić information content (AvgIpc) is 2.94. The minimum atomic E-state index is 0.291. The number of hydrogen-bond acceptors (Lipinski definition) is 5. The average molecular weight is 284 g/mol. The Balaban J connectivity index is 2.54. The van der Waals surface area contributed by atoms with Crippen molar-refractivity contribution < 1.29 is 18.6 Å². The van der Waals surface area contributed by atoms with Crippen LogP contribution in [0.15, 0.2) is 22.8 Å². The first kappa shape index (κ1) is 13.5. The SMILES string of the molecule is COc1cc(OC)c(-c2nc(CCl)co2)cc1OC. The number of ether oxygens (including phenoxy) is 3. The van der Waals surface area contributed by atoms with E-state index in [-0.39, 0.29) is 0 Å². The highest BCUT2D eigenvalue weighted by atomic mass is 35.5. The molecule has 0 amide bonds. The van der Waals surface area contributed by atoms with E-state index in [2.05, 4.69) is 4.98 Å². The Kier molecular flexibility index (Phi) is 4.16. The minimum Gasteiger partial charge on any atom is -0.496 e. The zero-order chi connectivity index (χ0) is 13.8. The number of halogens is 1. The molecule has 19 heavy (non-hydrogen) atoms. The van der Waals surface area contributed by atoms with Crippen molar-refractivity contribution in [2.24, 2.45) is 0 Å². The Morgan fingerprint density at radius 2 is 1.68 bits per heavy atom. The van der Waals surface area contributed by atoms with E-state index in [1.54, 1.807) is 33.5 Å². The molecule has 6 heteroatoms. The van der Waals surface area contributed by atoms with E-state index in [9.17, 15) is 0 Å². The fourth-order valence-corrected chi connectivity index (χ4v) is 1.81. The molecule has 102 valence electrons. The summed E-state index contributed by atoms with van der Waals surface area (Å²) in [5, 5.41) is 0. The molecule has 0 saturated carbocycles. The molecule has 0 saturated heterocycles. The molecule has 0 spiro atoms. The maximum absolute atomic E-state index is 5.71. The van der Waals surface area contributed by atoms with Gasteiger partial charge in [-0.05, 0) is 0 Å². The molecule has 0 bridgehead atoms. The molecular weight excluding hydrogens is 270 g/mol. The summed E-state index contributed by atoms with van der Waals surface area (Å²) in [4.78, 5) is 4.26. The molecule has 2 rings (SSSR count). The molecule has 0 unspecified atom stereocenters. The minimum absolute atomic E-state index is 0.291. The van der Waals surface area contributed by atoms with Gasteiger partial charge in [0.25, 0.3) is 0 Å². The van der Waals surface area contributed by atoms with E-state index < -0.39 is 0 Å². The molecule has 1 aromatic heterocycles. The second kappa shape index (κ2) is 5.84. The first-order chi connectivity index (χ1) is 9.23. The van der Waals surface area contributed by atoms with E-state index >= 15 is 0 Å². The fraction of sp³-hybridized carbons (Fsp3) is 0.308. The number of aromatic nitrogens is 1. The molecule has 0 fully saturated rings. The van der Waals surface area contributed by atoms with Crippen LogP contribution in [0.3, 0.4) is 0 Å². The number of alkyl halides is 1. The van der Waals surface area contributed by atoms with Crippen molar-refractivity contribution in [3.8, 4) is 28.7 Å². The van der Waals surface area contributed by atoms with Crippen LogP contribution >= 0.6 is 11.6 Å². The molecule has 0 aliphatic carbocycles. The van der Waals surface area contributed by atoms with Crippen LogP contribution in [-0.2, 0) is 5.88 Å². The highest BCUT2D eigenvalue weighted by Crippen LogP contribution is 2.39. The summed E-state index contributed by atoms with van der Waals surface area (Å²) in [7, 11) is 4.69. The maximum Gasteiger partial charge on any atom is 0.230 e. The Bertz CT molecular complexity index is 568. The fourth-order valence-electron chi connectivity index (χ4n) is 1.69. The predicted octanol–water partition coefficient (Wildman–Crippen LogP) is 3.11. The first-order valence-corrected chi connectivity index (χ1v) is 6.07. The van der Waals surface area contributed by atoms with E-state index in [0.717, 1.165) is 0 Å². The third kappa shape index (κ3) is 2.61. The van der Waals surface area contributed by atoms with Crippen molar-refractivity contribution in [3.63, 3.8) is 0 Å². The number of hydrogen-bond donors (Lipinski definition) is 0. The lowest BCUT2D eigenvalue weighted by atomic mass is 10.1. The Morgan fingerprint density at radius 3 is 2.21 bits per heavy atom. The summed E-state index contributed by atoms with van der Waals surface area (Å²) in [5.41, 5.74) is 1.34. The summed E-state index contributed by atoms with van der Waals surface area (Å²) >= 11 is 5.71. The van der Waals surface area contributed by atoms with Crippen molar-refractivity contribution in [1.29, 1.82) is 0 Å². The van der Waals surface area contributed by atoms with E-state index in [4.69, 9.17) is 30.2 Å². The quantitative estimate of drug-likeness (QED) is 0.789. The largest absolute Gasteiger partial charge is 0.496 e. The Labute approximate surface area is 116 Å². The number of rotatable bonds is 5. The number of benzene rings is 1. The molecule has 0 aliphatic rings. The van der Waals surface area contributed by atoms with Crippen LogP contribution in [0, 0.1) is 0 Å². The van der Waals surface area contributed by atoms with Crippen LogP contribution < -0.4 is 14.2 Å². The van der Waals surface area contributed by atoms with Gasteiger partial charge in [-0.3, -0.25) is 0 Å². The molecule has 5 nitrogen and oxygen atoms in total. The maximum atomic E-state index is 5.71. The third-order valence-electron chi connectivity index (χ3n) is 2.62. The van der Waals surface area contributed by atoms with E-state index in [1.807, 2.05) is 0 Å². The van der Waals surface area contributed by atoms with Crippen molar-refractivity contribution >= 4 is 11.6 Å². The van der Waals surface area contributed by atoms with Gasteiger partial charge >= 0.3 is 0 Å². The lowest BCUT2D eigenvalue weighted by Crippen LogP contribution is -1.95. The zero-order valence-corrected chi connectivity index (χ0v) is 11.7. The second-order valence-corrected chi connectivity index (χ2v) is 3.95. The normalized spacial score (nSPS) is 10.3. The lowest BCUT2D eigenvalue weighted by molar-refractivity contribution is 0.349. The van der Waals surface area contributed by atoms with Gasteiger partial charge in [0.05, 0.1) is 38.5 Å². The predicted molar refractivity (Wildman–Crippen MR) is 71.2 cm³/mol. The topological polar surface area (TPSA) is 53.7 Å². The second-order valence-electron chi connectivity index (χ2n) is 3.69. The van der Waals surface area contributed by atoms with Crippen LogP contribution in [-0.4, -0.2) is 26.3 Å². The standard InChI is InChI=1S/C13H14ClNO4/c1-16-10-5-12(18-3)11(17-2)4-9(10)13-15-8(6-14)7-19-13/h4-5,7H,6H2,1-3H3. The van der Waals surface area contributed by atoms with Crippen molar-refractivity contribution in [2.75, 3.05) is 21.3 Å². The van der Waals surface area contributed by atoms with Gasteiger partial charge in [0, 0.05) is 12.1 Å². The van der Waals surface area contributed by atoms with E-state index in [0.29, 0.717) is 40.3 Å². The van der Waals surface area contributed by atoms with Crippen LogP contribution in [0.1, 0.15) is 5.69 Å². The highest BCUT2D eigenvalue weighted by Gasteiger charge is 2.17. The van der Waals surface area contributed by atoms with Crippen LogP contribution in [0.2, 0.25) is 0 Å². The van der Waals surface area contributed by atoms with Crippen molar-refractivity contribution in [2.45, 2.75) is 5.88 Å². The van der Waals surface area contributed by atoms with Crippen LogP contribution in [0.25, 0.3) is 11.5 Å². The zero-order valence-electron chi connectivity index (χ0n) is 10.9. The summed E-state index contributed by atoms with van der Waals surface area (Å²) in [5.74, 6) is 2.45. The van der Waals surface area contributed by atoms with Gasteiger partial charge in [0.2, 0.25) is 5.89 Å². The first-order valence-electron chi connectivity index (χ1n) is 5.54. The van der Waals surface area contributed by atoms with Gasteiger partial charge in [-0.25, -0.2) is 4.98 Å². The number of methoxy groups -OCH3 is 3. The van der Waals surface area contributed by atoms with Crippen molar-refractivity contribution in [1.82, 2.24) is 4.98 Å². The van der Waals surface area contributed by atoms with Crippen LogP contribution in [0.5, 0.6) is 17.2 Å². The molecule has 0 radical (unpaired) electrons. The Morgan fingerprint density at radius 1 is 1.05 bits per heavy atom. The third-order valence-corrected chi connectivity index (χ3v) is 2.90. The van der Waals surface area contributed by atoms with Gasteiger partial charge in [-0.2, -0.15) is 0 Å². The van der Waals surface area contributed by atoms with Crippen LogP contribution in [0.4, 0.5) is 0 Å². The van der Waals surface area contributed by atoms with Gasteiger partial charge in [-0.15, -0.1) is 11.6 Å². The Hall–Kier alpha value is -1.88. The lowest BCUT2D eigenvalue weighted by Gasteiger charge is -2.12. The molecule has 2 aromatic rings. The summed E-state index contributed by atoms with van der Waals surface area (Å²) < 4.78 is 21.2. The molecular formula is C13H14ClNO4. The summed E-state index contributed by atoms with van der Waals surface area (Å²) in [6.45, 7) is 0. The highest BCUT2D eigenvalue weighted by molar-refractivity contribution is 6.16. The molecule has 1 heterocycles. The monoisotopic (exact) mass is 283 g/mol. The molecule has 0 atom stereocenters. The molecule has 0 aliphatic heterocycles. The van der Waals surface area contributed by atoms with Gasteiger partial charge in [0.15, 0.2) is 11.5 Å². The number of oxazole rings is 1. The summed E-state index contributed by atoms with van der Waals surface area (Å²) in [6.07, 6.45) is 1.51. The van der Waals surface area contributed by atoms with Gasteiger partial charge < -0.3 is 18.6 Å². The van der Waals surface area contributed by atoms with Gasteiger partial charge in [-0.1, -0.05) is 0 Å².